The molecule has 0 bridgehead atoms. The first-order chi connectivity index (χ1) is 10.0. The normalized spacial score (nSPS) is 17.6. The minimum Gasteiger partial charge on any atom is -0.495 e. The SMILES string of the molecule is CCC1(CC)CCN(C(=O)c2ccc(N)c(OC)c2)CC1. The molecule has 0 aromatic heterocycles. The number of hydrogen-bond donors (Lipinski definition) is 1. The van der Waals surface area contributed by atoms with Crippen molar-refractivity contribution in [3.63, 3.8) is 0 Å². The Bertz CT molecular complexity index is 500. The van der Waals surface area contributed by atoms with Crippen molar-refractivity contribution in [1.29, 1.82) is 0 Å². The number of nitrogen functional groups attached to an aromatic ring is 1. The van der Waals surface area contributed by atoms with Gasteiger partial charge in [0.05, 0.1) is 12.8 Å². The van der Waals surface area contributed by atoms with Gasteiger partial charge in [-0.1, -0.05) is 26.7 Å². The van der Waals surface area contributed by atoms with Gasteiger partial charge in [0.25, 0.3) is 5.91 Å². The van der Waals surface area contributed by atoms with Gasteiger partial charge in [0.2, 0.25) is 0 Å². The number of benzene rings is 1. The van der Waals surface area contributed by atoms with Crippen LogP contribution < -0.4 is 10.5 Å². The molecule has 1 heterocycles. The van der Waals surface area contributed by atoms with Crippen LogP contribution in [-0.4, -0.2) is 31.0 Å². The minimum absolute atomic E-state index is 0.0779. The largest absolute Gasteiger partial charge is 0.495 e. The number of methoxy groups -OCH3 is 1. The van der Waals surface area contributed by atoms with E-state index in [9.17, 15) is 4.79 Å². The number of piperidine rings is 1. The number of hydrogen-bond acceptors (Lipinski definition) is 3. The smallest absolute Gasteiger partial charge is 0.253 e. The lowest BCUT2D eigenvalue weighted by molar-refractivity contribution is 0.0557. The van der Waals surface area contributed by atoms with Gasteiger partial charge in [-0.2, -0.15) is 0 Å². The third kappa shape index (κ3) is 3.14. The lowest BCUT2D eigenvalue weighted by atomic mass is 9.74. The van der Waals surface area contributed by atoms with Crippen LogP contribution in [-0.2, 0) is 0 Å². The van der Waals surface area contributed by atoms with Crippen molar-refractivity contribution in [2.24, 2.45) is 5.41 Å². The fourth-order valence-corrected chi connectivity index (χ4v) is 3.17. The molecule has 1 amide bonds. The summed E-state index contributed by atoms with van der Waals surface area (Å²) in [5.41, 5.74) is 7.44. The van der Waals surface area contributed by atoms with Gasteiger partial charge in [-0.15, -0.1) is 0 Å². The van der Waals surface area contributed by atoms with E-state index in [4.69, 9.17) is 10.5 Å². The average Bonchev–Trinajstić information content (AvgIpc) is 2.54. The van der Waals surface area contributed by atoms with Crippen LogP contribution in [0.1, 0.15) is 49.9 Å². The van der Waals surface area contributed by atoms with Crippen molar-refractivity contribution in [3.05, 3.63) is 23.8 Å². The van der Waals surface area contributed by atoms with Crippen LogP contribution in [0.15, 0.2) is 18.2 Å². The van der Waals surface area contributed by atoms with Gasteiger partial charge in [-0.05, 0) is 36.5 Å². The fraction of sp³-hybridized carbons (Fsp3) is 0.588. The molecule has 4 heteroatoms. The molecule has 0 spiro atoms. The van der Waals surface area contributed by atoms with Gasteiger partial charge in [-0.25, -0.2) is 0 Å². The van der Waals surface area contributed by atoms with Crippen LogP contribution in [0.3, 0.4) is 0 Å². The molecular weight excluding hydrogens is 264 g/mol. The standard InChI is InChI=1S/C17H26N2O2/c1-4-17(5-2)8-10-19(11-9-17)16(20)13-6-7-14(18)15(12-13)21-3/h6-7,12H,4-5,8-11,18H2,1-3H3. The van der Waals surface area contributed by atoms with Crippen LogP contribution in [0.2, 0.25) is 0 Å². The Kier molecular flexibility index (Phi) is 4.76. The Morgan fingerprint density at radius 2 is 1.90 bits per heavy atom. The summed E-state index contributed by atoms with van der Waals surface area (Å²) in [5.74, 6) is 0.642. The first-order valence-corrected chi connectivity index (χ1v) is 7.78. The van der Waals surface area contributed by atoms with E-state index in [1.54, 1.807) is 25.3 Å². The second-order valence-corrected chi connectivity index (χ2v) is 5.96. The second kappa shape index (κ2) is 6.37. The van der Waals surface area contributed by atoms with E-state index < -0.39 is 0 Å². The highest BCUT2D eigenvalue weighted by Gasteiger charge is 2.33. The zero-order valence-corrected chi connectivity index (χ0v) is 13.3. The zero-order valence-electron chi connectivity index (χ0n) is 13.3. The van der Waals surface area contributed by atoms with Gasteiger partial charge in [0.1, 0.15) is 5.75 Å². The first kappa shape index (κ1) is 15.7. The highest BCUT2D eigenvalue weighted by Crippen LogP contribution is 2.38. The van der Waals surface area contributed by atoms with Crippen molar-refractivity contribution >= 4 is 11.6 Å². The molecule has 21 heavy (non-hydrogen) atoms. The Labute approximate surface area is 127 Å². The van der Waals surface area contributed by atoms with Crippen LogP contribution in [0.25, 0.3) is 0 Å². The number of likely N-dealkylation sites (tertiary alicyclic amines) is 1. The lowest BCUT2D eigenvalue weighted by Crippen LogP contribution is -2.42. The number of nitrogens with zero attached hydrogens (tertiary/aromatic N) is 1. The molecule has 2 N–H and O–H groups in total. The minimum atomic E-state index is 0.0779. The van der Waals surface area contributed by atoms with Gasteiger partial charge in [0.15, 0.2) is 0 Å². The predicted molar refractivity (Wildman–Crippen MR) is 85.6 cm³/mol. The molecule has 0 saturated carbocycles. The van der Waals surface area contributed by atoms with E-state index >= 15 is 0 Å². The third-order valence-corrected chi connectivity index (χ3v) is 5.09. The average molecular weight is 290 g/mol. The molecule has 4 nitrogen and oxygen atoms in total. The molecule has 1 saturated heterocycles. The molecule has 0 radical (unpaired) electrons. The predicted octanol–water partition coefficient (Wildman–Crippen LogP) is 3.32. The number of carbonyl (C=O) groups is 1. The zero-order chi connectivity index (χ0) is 15.5. The number of anilines is 1. The molecule has 1 aromatic carbocycles. The Morgan fingerprint density at radius 1 is 1.29 bits per heavy atom. The van der Waals surface area contributed by atoms with Crippen molar-refractivity contribution in [1.82, 2.24) is 4.90 Å². The molecule has 1 aliphatic heterocycles. The summed E-state index contributed by atoms with van der Waals surface area (Å²) < 4.78 is 5.20. The molecule has 1 fully saturated rings. The summed E-state index contributed by atoms with van der Waals surface area (Å²) in [6.45, 7) is 6.19. The third-order valence-electron chi connectivity index (χ3n) is 5.09. The molecule has 0 aliphatic carbocycles. The summed E-state index contributed by atoms with van der Waals surface area (Å²) >= 11 is 0. The van der Waals surface area contributed by atoms with Crippen molar-refractivity contribution in [2.45, 2.75) is 39.5 Å². The summed E-state index contributed by atoms with van der Waals surface area (Å²) in [6.07, 6.45) is 4.58. The number of rotatable bonds is 4. The summed E-state index contributed by atoms with van der Waals surface area (Å²) in [7, 11) is 1.57. The van der Waals surface area contributed by atoms with Gasteiger partial charge < -0.3 is 15.4 Å². The van der Waals surface area contributed by atoms with E-state index in [0.29, 0.717) is 22.4 Å². The Hall–Kier alpha value is -1.71. The molecule has 1 aromatic rings. The Morgan fingerprint density at radius 3 is 2.43 bits per heavy atom. The van der Waals surface area contributed by atoms with Crippen LogP contribution in [0, 0.1) is 5.41 Å². The van der Waals surface area contributed by atoms with E-state index in [2.05, 4.69) is 13.8 Å². The lowest BCUT2D eigenvalue weighted by Gasteiger charge is -2.41. The van der Waals surface area contributed by atoms with E-state index in [-0.39, 0.29) is 5.91 Å². The molecule has 1 aliphatic rings. The van der Waals surface area contributed by atoms with Gasteiger partial charge >= 0.3 is 0 Å². The quantitative estimate of drug-likeness (QED) is 0.865. The maximum absolute atomic E-state index is 12.6. The molecule has 0 atom stereocenters. The van der Waals surface area contributed by atoms with Gasteiger partial charge in [-0.3, -0.25) is 4.79 Å². The number of amides is 1. The van der Waals surface area contributed by atoms with Crippen LogP contribution in [0.4, 0.5) is 5.69 Å². The van der Waals surface area contributed by atoms with Crippen molar-refractivity contribution in [2.75, 3.05) is 25.9 Å². The van der Waals surface area contributed by atoms with Crippen molar-refractivity contribution in [3.8, 4) is 5.75 Å². The van der Waals surface area contributed by atoms with Crippen molar-refractivity contribution < 1.29 is 9.53 Å². The second-order valence-electron chi connectivity index (χ2n) is 5.96. The molecule has 116 valence electrons. The summed E-state index contributed by atoms with van der Waals surface area (Å²) in [4.78, 5) is 14.5. The topological polar surface area (TPSA) is 55.6 Å². The van der Waals surface area contributed by atoms with Crippen LogP contribution in [0.5, 0.6) is 5.75 Å². The van der Waals surface area contributed by atoms with Crippen LogP contribution >= 0.6 is 0 Å². The monoisotopic (exact) mass is 290 g/mol. The number of nitrogens with two attached hydrogens (primary N) is 1. The van der Waals surface area contributed by atoms with Gasteiger partial charge in [0, 0.05) is 18.7 Å². The summed E-state index contributed by atoms with van der Waals surface area (Å²) in [6, 6.07) is 5.25. The maximum Gasteiger partial charge on any atom is 0.253 e. The van der Waals surface area contributed by atoms with E-state index in [1.807, 2.05) is 4.90 Å². The highest BCUT2D eigenvalue weighted by molar-refractivity contribution is 5.95. The highest BCUT2D eigenvalue weighted by atomic mass is 16.5. The van der Waals surface area contributed by atoms with E-state index in [1.165, 1.54) is 12.8 Å². The Balaban J connectivity index is 2.08. The first-order valence-electron chi connectivity index (χ1n) is 7.78. The number of carbonyl (C=O) groups excluding carboxylic acids is 1. The maximum atomic E-state index is 12.6. The van der Waals surface area contributed by atoms with E-state index in [0.717, 1.165) is 25.9 Å². The molecule has 0 unspecified atom stereocenters. The summed E-state index contributed by atoms with van der Waals surface area (Å²) in [5, 5.41) is 0. The fourth-order valence-electron chi connectivity index (χ4n) is 3.17. The number of ether oxygens (including phenoxy) is 1. The molecule has 2 rings (SSSR count). The molecular formula is C17H26N2O2.